The van der Waals surface area contributed by atoms with Crippen LogP contribution in [-0.2, 0) is 6.54 Å². The Morgan fingerprint density at radius 1 is 0.897 bits per heavy atom. The maximum Gasteiger partial charge on any atom is 0.274 e. The number of hydrogen-bond acceptors (Lipinski definition) is 6. The van der Waals surface area contributed by atoms with Crippen LogP contribution >= 0.6 is 46.4 Å². The van der Waals surface area contributed by atoms with Crippen molar-refractivity contribution in [1.82, 2.24) is 35.1 Å². The lowest BCUT2D eigenvalue weighted by atomic mass is 10.1. The van der Waals surface area contributed by atoms with Crippen LogP contribution in [0.1, 0.15) is 32.1 Å². The molecule has 5 aromatic rings. The number of anilines is 1. The Bertz CT molecular complexity index is 1730. The molecule has 0 aliphatic carbocycles. The number of nitrogens with one attached hydrogen (secondary N) is 2. The van der Waals surface area contributed by atoms with E-state index >= 15 is 0 Å². The summed E-state index contributed by atoms with van der Waals surface area (Å²) in [4.78, 5) is 31.9. The summed E-state index contributed by atoms with van der Waals surface area (Å²) in [6.45, 7) is 1.85. The fraction of sp³-hybridized carbons (Fsp3) is 0.120. The minimum atomic E-state index is -0.553. The fourth-order valence-electron chi connectivity index (χ4n) is 3.94. The van der Waals surface area contributed by atoms with Crippen molar-refractivity contribution < 1.29 is 9.59 Å². The molecule has 5 rings (SSSR count). The molecule has 0 bridgehead atoms. The first-order valence-electron chi connectivity index (χ1n) is 11.4. The van der Waals surface area contributed by atoms with Crippen molar-refractivity contribution in [2.75, 3.05) is 12.4 Å². The number of benzene rings is 2. The van der Waals surface area contributed by atoms with Gasteiger partial charge >= 0.3 is 0 Å². The molecule has 0 saturated heterocycles. The van der Waals surface area contributed by atoms with Crippen molar-refractivity contribution in [2.24, 2.45) is 0 Å². The molecule has 2 N–H and O–H groups in total. The number of carbonyl (C=O) groups is 2. The van der Waals surface area contributed by atoms with Gasteiger partial charge < -0.3 is 10.6 Å². The highest BCUT2D eigenvalue weighted by Crippen LogP contribution is 2.28. The number of rotatable bonds is 6. The van der Waals surface area contributed by atoms with E-state index in [4.69, 9.17) is 46.4 Å². The van der Waals surface area contributed by atoms with Crippen LogP contribution in [0.5, 0.6) is 0 Å². The first-order valence-corrected chi connectivity index (χ1v) is 12.9. The standard InChI is InChI=1S/C25H18Cl4N8O2/c1-12-6-13(26)7-15(24(38)30-2)22(12)32-25(39)21-8-14(33-37(21)23-16(27)4-3-5-31-23)11-36-34-19-9-17(28)18(29)10-20(19)35-36/h3-10H,11H2,1-2H3,(H,30,38)(H,32,39). The van der Waals surface area contributed by atoms with E-state index < -0.39 is 11.8 Å². The van der Waals surface area contributed by atoms with Crippen LogP contribution in [0.2, 0.25) is 20.1 Å². The minimum absolute atomic E-state index is 0.116. The second-order valence-electron chi connectivity index (χ2n) is 8.41. The van der Waals surface area contributed by atoms with Crippen LogP contribution in [0.4, 0.5) is 5.69 Å². The Morgan fingerprint density at radius 3 is 2.23 bits per heavy atom. The number of carbonyl (C=O) groups excluding carboxylic acids is 2. The largest absolute Gasteiger partial charge is 0.355 e. The van der Waals surface area contributed by atoms with E-state index in [1.54, 1.807) is 43.3 Å². The summed E-state index contributed by atoms with van der Waals surface area (Å²) >= 11 is 24.8. The molecule has 0 atom stereocenters. The van der Waals surface area contributed by atoms with Gasteiger partial charge in [0.25, 0.3) is 11.8 Å². The summed E-state index contributed by atoms with van der Waals surface area (Å²) in [5.74, 6) is -0.717. The molecule has 0 radical (unpaired) electrons. The lowest BCUT2D eigenvalue weighted by Crippen LogP contribution is -2.23. The van der Waals surface area contributed by atoms with Gasteiger partial charge in [0.15, 0.2) is 5.82 Å². The molecule has 0 aliphatic rings. The molecule has 14 heteroatoms. The molecule has 0 spiro atoms. The average Bonchev–Trinajstić information content (AvgIpc) is 3.49. The number of hydrogen-bond donors (Lipinski definition) is 2. The third-order valence-corrected chi connectivity index (χ3v) is 6.95. The van der Waals surface area contributed by atoms with Crippen LogP contribution in [0, 0.1) is 6.92 Å². The number of aromatic nitrogens is 6. The lowest BCUT2D eigenvalue weighted by Gasteiger charge is -2.14. The topological polar surface area (TPSA) is 120 Å². The second-order valence-corrected chi connectivity index (χ2v) is 10.1. The van der Waals surface area contributed by atoms with E-state index in [0.29, 0.717) is 43.0 Å². The van der Waals surface area contributed by atoms with Crippen molar-refractivity contribution in [3.8, 4) is 5.82 Å². The fourth-order valence-corrected chi connectivity index (χ4v) is 4.73. The smallest absolute Gasteiger partial charge is 0.274 e. The Hall–Kier alpha value is -3.70. The van der Waals surface area contributed by atoms with E-state index in [1.807, 2.05) is 0 Å². The number of aryl methyl sites for hydroxylation is 1. The summed E-state index contributed by atoms with van der Waals surface area (Å²) in [7, 11) is 1.49. The third-order valence-electron chi connectivity index (χ3n) is 5.71. The molecule has 0 saturated carbocycles. The highest BCUT2D eigenvalue weighted by atomic mass is 35.5. The van der Waals surface area contributed by atoms with Gasteiger partial charge in [-0.2, -0.15) is 20.1 Å². The molecule has 39 heavy (non-hydrogen) atoms. The first-order chi connectivity index (χ1) is 18.6. The van der Waals surface area contributed by atoms with Crippen LogP contribution < -0.4 is 10.6 Å². The molecular weight excluding hydrogens is 586 g/mol. The van der Waals surface area contributed by atoms with Crippen molar-refractivity contribution in [2.45, 2.75) is 13.5 Å². The van der Waals surface area contributed by atoms with Crippen molar-refractivity contribution in [3.05, 3.63) is 91.3 Å². The van der Waals surface area contributed by atoms with E-state index in [0.717, 1.165) is 0 Å². The molecule has 2 amide bonds. The van der Waals surface area contributed by atoms with Gasteiger partial charge in [-0.05, 0) is 55.0 Å². The predicted octanol–water partition coefficient (Wildman–Crippen LogP) is 5.59. The van der Waals surface area contributed by atoms with E-state index in [2.05, 4.69) is 30.9 Å². The van der Waals surface area contributed by atoms with E-state index in [1.165, 1.54) is 28.8 Å². The molecule has 0 fully saturated rings. The van der Waals surface area contributed by atoms with Gasteiger partial charge in [0.1, 0.15) is 23.3 Å². The molecule has 0 aliphatic heterocycles. The van der Waals surface area contributed by atoms with Gasteiger partial charge in [0, 0.05) is 18.3 Å². The summed E-state index contributed by atoms with van der Waals surface area (Å²) in [5, 5.41) is 20.2. The highest BCUT2D eigenvalue weighted by Gasteiger charge is 2.23. The number of fused-ring (bicyclic) bond motifs is 1. The van der Waals surface area contributed by atoms with Crippen LogP contribution in [0.15, 0.2) is 48.7 Å². The SMILES string of the molecule is CNC(=O)c1cc(Cl)cc(C)c1NC(=O)c1cc(Cn2nc3cc(Cl)c(Cl)cc3n2)nn1-c1ncccc1Cl. The van der Waals surface area contributed by atoms with Crippen molar-refractivity contribution in [3.63, 3.8) is 0 Å². The molecule has 198 valence electrons. The average molecular weight is 604 g/mol. The van der Waals surface area contributed by atoms with Crippen molar-refractivity contribution >= 4 is 74.9 Å². The number of pyridine rings is 1. The summed E-state index contributed by atoms with van der Waals surface area (Å²) in [6, 6.07) is 11.2. The van der Waals surface area contributed by atoms with Crippen molar-refractivity contribution in [1.29, 1.82) is 0 Å². The summed E-state index contributed by atoms with van der Waals surface area (Å²) in [6.07, 6.45) is 1.53. The minimum Gasteiger partial charge on any atom is -0.355 e. The molecule has 0 unspecified atom stereocenters. The predicted molar refractivity (Wildman–Crippen MR) is 151 cm³/mol. The highest BCUT2D eigenvalue weighted by molar-refractivity contribution is 6.42. The monoisotopic (exact) mass is 602 g/mol. The quantitative estimate of drug-likeness (QED) is 0.261. The summed E-state index contributed by atoms with van der Waals surface area (Å²) < 4.78 is 1.33. The maximum absolute atomic E-state index is 13.6. The van der Waals surface area contributed by atoms with Gasteiger partial charge in [-0.25, -0.2) is 9.67 Å². The molecule has 3 heterocycles. The second kappa shape index (κ2) is 10.8. The molecule has 10 nitrogen and oxygen atoms in total. The van der Waals surface area contributed by atoms with E-state index in [-0.39, 0.29) is 28.6 Å². The van der Waals surface area contributed by atoms with E-state index in [9.17, 15) is 9.59 Å². The van der Waals surface area contributed by atoms with Gasteiger partial charge in [-0.1, -0.05) is 46.4 Å². The Balaban J connectivity index is 1.55. The number of halogens is 4. The van der Waals surface area contributed by atoms with Crippen LogP contribution in [0.3, 0.4) is 0 Å². The van der Waals surface area contributed by atoms with Gasteiger partial charge in [0.05, 0.1) is 32.0 Å². The Kier molecular flexibility index (Phi) is 7.46. The zero-order chi connectivity index (χ0) is 27.8. The maximum atomic E-state index is 13.6. The zero-order valence-electron chi connectivity index (χ0n) is 20.3. The normalized spacial score (nSPS) is 11.1. The lowest BCUT2D eigenvalue weighted by molar-refractivity contribution is 0.0964. The number of amides is 2. The Labute approximate surface area is 241 Å². The zero-order valence-corrected chi connectivity index (χ0v) is 23.4. The van der Waals surface area contributed by atoms with Crippen LogP contribution in [-0.4, -0.2) is 48.6 Å². The van der Waals surface area contributed by atoms with Crippen LogP contribution in [0.25, 0.3) is 16.9 Å². The van der Waals surface area contributed by atoms with Gasteiger partial charge in [-0.3, -0.25) is 9.59 Å². The van der Waals surface area contributed by atoms with Gasteiger partial charge in [0.2, 0.25) is 0 Å². The third kappa shape index (κ3) is 5.41. The van der Waals surface area contributed by atoms with Gasteiger partial charge in [-0.15, -0.1) is 0 Å². The number of nitrogens with zero attached hydrogens (tertiary/aromatic N) is 6. The molecule has 3 aromatic heterocycles. The molecular formula is C25H18Cl4N8O2. The first kappa shape index (κ1) is 26.9. The summed E-state index contributed by atoms with van der Waals surface area (Å²) in [5.41, 5.74) is 2.77. The molecule has 2 aromatic carbocycles. The Morgan fingerprint density at radius 2 is 1.59 bits per heavy atom.